The number of aromatic nitrogens is 3. The van der Waals surface area contributed by atoms with Crippen LogP contribution in [0.4, 0.5) is 9.52 Å². The Morgan fingerprint density at radius 2 is 2.00 bits per heavy atom. The monoisotopic (exact) mass is 300 g/mol. The number of nitrogens with zero attached hydrogens (tertiary/aromatic N) is 4. The normalized spacial score (nSPS) is 10.6. The molecule has 2 heterocycles. The molecule has 3 rings (SSSR count). The summed E-state index contributed by atoms with van der Waals surface area (Å²) in [6.45, 7) is 0.643. The molecule has 6 heteroatoms. The lowest BCUT2D eigenvalue weighted by molar-refractivity contribution is 0.628. The van der Waals surface area contributed by atoms with Crippen LogP contribution in [0.5, 0.6) is 0 Å². The zero-order valence-electron chi connectivity index (χ0n) is 11.4. The predicted molar refractivity (Wildman–Crippen MR) is 81.6 cm³/mol. The van der Waals surface area contributed by atoms with Crippen molar-refractivity contribution in [3.8, 4) is 11.3 Å². The summed E-state index contributed by atoms with van der Waals surface area (Å²) in [5.74, 6) is -0.242. The first kappa shape index (κ1) is 13.6. The van der Waals surface area contributed by atoms with Gasteiger partial charge in [-0.25, -0.2) is 9.37 Å². The Morgan fingerprint density at radius 1 is 1.19 bits per heavy atom. The summed E-state index contributed by atoms with van der Waals surface area (Å²) in [6.07, 6.45) is 5.07. The number of hydrogen-bond donors (Lipinski definition) is 0. The Labute approximate surface area is 126 Å². The van der Waals surface area contributed by atoms with Gasteiger partial charge in [-0.15, -0.1) is 11.3 Å². The summed E-state index contributed by atoms with van der Waals surface area (Å²) in [7, 11) is 1.96. The molecule has 4 nitrogen and oxygen atoms in total. The number of anilines is 1. The molecule has 0 bridgehead atoms. The minimum absolute atomic E-state index is 0.242. The third-order valence-corrected chi connectivity index (χ3v) is 3.93. The van der Waals surface area contributed by atoms with Crippen LogP contribution < -0.4 is 4.90 Å². The van der Waals surface area contributed by atoms with Gasteiger partial charge in [-0.1, -0.05) is 0 Å². The van der Waals surface area contributed by atoms with Gasteiger partial charge in [0.2, 0.25) is 0 Å². The van der Waals surface area contributed by atoms with Gasteiger partial charge in [0.25, 0.3) is 0 Å². The number of thiazole rings is 1. The standard InChI is InChI=1S/C15H13FN4S/c1-20(9-13-8-17-6-7-18-13)15-19-14(10-21-15)11-2-4-12(16)5-3-11/h2-8,10H,9H2,1H3. The molecule has 0 saturated heterocycles. The summed E-state index contributed by atoms with van der Waals surface area (Å²) in [5.41, 5.74) is 2.64. The van der Waals surface area contributed by atoms with Gasteiger partial charge in [0.05, 0.1) is 24.1 Å². The average Bonchev–Trinajstić information content (AvgIpc) is 2.99. The molecular weight excluding hydrogens is 287 g/mol. The van der Waals surface area contributed by atoms with Gasteiger partial charge in [0.1, 0.15) is 5.82 Å². The van der Waals surface area contributed by atoms with Crippen LogP contribution >= 0.6 is 11.3 Å². The molecule has 0 amide bonds. The molecule has 0 fully saturated rings. The highest BCUT2D eigenvalue weighted by molar-refractivity contribution is 7.14. The molecule has 0 saturated carbocycles. The Morgan fingerprint density at radius 3 is 2.71 bits per heavy atom. The van der Waals surface area contributed by atoms with E-state index in [-0.39, 0.29) is 5.82 Å². The van der Waals surface area contributed by atoms with Crippen molar-refractivity contribution in [3.05, 3.63) is 59.7 Å². The second-order valence-electron chi connectivity index (χ2n) is 4.58. The van der Waals surface area contributed by atoms with E-state index in [4.69, 9.17) is 0 Å². The molecule has 0 aliphatic carbocycles. The molecule has 1 aromatic carbocycles. The SMILES string of the molecule is CN(Cc1cnccn1)c1nc(-c2ccc(F)cc2)cs1. The molecule has 0 atom stereocenters. The van der Waals surface area contributed by atoms with Crippen LogP contribution in [0.3, 0.4) is 0 Å². The first-order valence-corrected chi connectivity index (χ1v) is 7.28. The van der Waals surface area contributed by atoms with E-state index in [9.17, 15) is 4.39 Å². The number of halogens is 1. The van der Waals surface area contributed by atoms with E-state index in [1.807, 2.05) is 17.3 Å². The largest absolute Gasteiger partial charge is 0.345 e. The van der Waals surface area contributed by atoms with Crippen molar-refractivity contribution in [1.29, 1.82) is 0 Å². The summed E-state index contributed by atoms with van der Waals surface area (Å²) >= 11 is 1.55. The van der Waals surface area contributed by atoms with Crippen molar-refractivity contribution in [3.63, 3.8) is 0 Å². The zero-order valence-corrected chi connectivity index (χ0v) is 12.2. The first-order chi connectivity index (χ1) is 10.2. The highest BCUT2D eigenvalue weighted by Crippen LogP contribution is 2.27. The Hall–Kier alpha value is -2.34. The summed E-state index contributed by atoms with van der Waals surface area (Å²) in [5, 5.41) is 2.86. The van der Waals surface area contributed by atoms with Gasteiger partial charge in [0.15, 0.2) is 5.13 Å². The summed E-state index contributed by atoms with van der Waals surface area (Å²) < 4.78 is 12.9. The molecule has 3 aromatic rings. The van der Waals surface area contributed by atoms with Crippen LogP contribution in [0.15, 0.2) is 48.2 Å². The van der Waals surface area contributed by atoms with Crippen LogP contribution in [-0.4, -0.2) is 22.0 Å². The molecule has 0 radical (unpaired) electrons. The molecule has 0 unspecified atom stereocenters. The number of rotatable bonds is 4. The lowest BCUT2D eigenvalue weighted by Gasteiger charge is -2.14. The molecule has 106 valence electrons. The van der Waals surface area contributed by atoms with Crippen LogP contribution in [0, 0.1) is 5.82 Å². The molecule has 0 aliphatic rings. The second-order valence-corrected chi connectivity index (χ2v) is 5.41. The first-order valence-electron chi connectivity index (χ1n) is 6.40. The summed E-state index contributed by atoms with van der Waals surface area (Å²) in [4.78, 5) is 14.9. The minimum atomic E-state index is -0.242. The third kappa shape index (κ3) is 3.22. The van der Waals surface area contributed by atoms with Crippen LogP contribution in [0.2, 0.25) is 0 Å². The predicted octanol–water partition coefficient (Wildman–Crippen LogP) is 3.38. The smallest absolute Gasteiger partial charge is 0.185 e. The van der Waals surface area contributed by atoms with Gasteiger partial charge in [0, 0.05) is 30.4 Å². The fourth-order valence-electron chi connectivity index (χ4n) is 1.92. The van der Waals surface area contributed by atoms with E-state index >= 15 is 0 Å². The van der Waals surface area contributed by atoms with Gasteiger partial charge in [-0.3, -0.25) is 9.97 Å². The van der Waals surface area contributed by atoms with E-state index in [0.29, 0.717) is 6.54 Å². The van der Waals surface area contributed by atoms with E-state index < -0.39 is 0 Å². The zero-order chi connectivity index (χ0) is 14.7. The van der Waals surface area contributed by atoms with Crippen LogP contribution in [-0.2, 0) is 6.54 Å². The van der Waals surface area contributed by atoms with E-state index in [0.717, 1.165) is 22.1 Å². The maximum Gasteiger partial charge on any atom is 0.185 e. The van der Waals surface area contributed by atoms with Gasteiger partial charge in [-0.2, -0.15) is 0 Å². The molecule has 0 aliphatic heterocycles. The Kier molecular flexibility index (Phi) is 3.87. The van der Waals surface area contributed by atoms with Crippen molar-refractivity contribution < 1.29 is 4.39 Å². The van der Waals surface area contributed by atoms with Crippen LogP contribution in [0.1, 0.15) is 5.69 Å². The number of hydrogen-bond acceptors (Lipinski definition) is 5. The van der Waals surface area contributed by atoms with Gasteiger partial charge in [-0.05, 0) is 24.3 Å². The van der Waals surface area contributed by atoms with E-state index in [2.05, 4.69) is 15.0 Å². The number of benzene rings is 1. The topological polar surface area (TPSA) is 41.9 Å². The highest BCUT2D eigenvalue weighted by Gasteiger charge is 2.09. The van der Waals surface area contributed by atoms with Crippen molar-refractivity contribution in [2.24, 2.45) is 0 Å². The molecular formula is C15H13FN4S. The van der Waals surface area contributed by atoms with Crippen molar-refractivity contribution in [2.45, 2.75) is 6.54 Å². The van der Waals surface area contributed by atoms with Crippen LogP contribution in [0.25, 0.3) is 11.3 Å². The minimum Gasteiger partial charge on any atom is -0.345 e. The molecule has 0 N–H and O–H groups in total. The highest BCUT2D eigenvalue weighted by atomic mass is 32.1. The third-order valence-electron chi connectivity index (χ3n) is 2.97. The van der Waals surface area contributed by atoms with Crippen molar-refractivity contribution >= 4 is 16.5 Å². The summed E-state index contributed by atoms with van der Waals surface area (Å²) in [6, 6.07) is 6.35. The fraction of sp³-hybridized carbons (Fsp3) is 0.133. The van der Waals surface area contributed by atoms with Gasteiger partial charge < -0.3 is 4.90 Å². The Bertz CT molecular complexity index is 712. The lowest BCUT2D eigenvalue weighted by Crippen LogP contribution is -2.17. The average molecular weight is 300 g/mol. The quantitative estimate of drug-likeness (QED) is 0.741. The van der Waals surface area contributed by atoms with Gasteiger partial charge >= 0.3 is 0 Å². The van der Waals surface area contributed by atoms with Crippen molar-refractivity contribution in [2.75, 3.05) is 11.9 Å². The Balaban J connectivity index is 1.76. The maximum absolute atomic E-state index is 12.9. The molecule has 21 heavy (non-hydrogen) atoms. The van der Waals surface area contributed by atoms with E-state index in [1.54, 1.807) is 42.1 Å². The molecule has 0 spiro atoms. The van der Waals surface area contributed by atoms with E-state index in [1.165, 1.54) is 12.1 Å². The maximum atomic E-state index is 12.9. The fourth-order valence-corrected chi connectivity index (χ4v) is 2.72. The van der Waals surface area contributed by atoms with Crippen molar-refractivity contribution in [1.82, 2.24) is 15.0 Å². The lowest BCUT2D eigenvalue weighted by atomic mass is 10.2. The second kappa shape index (κ2) is 5.97. The molecule has 2 aromatic heterocycles.